The van der Waals surface area contributed by atoms with Gasteiger partial charge in [0.15, 0.2) is 11.5 Å². The molecule has 0 aliphatic carbocycles. The van der Waals surface area contributed by atoms with Crippen molar-refractivity contribution in [3.63, 3.8) is 0 Å². The van der Waals surface area contributed by atoms with E-state index in [4.69, 9.17) is 19.9 Å². The van der Waals surface area contributed by atoms with Gasteiger partial charge in [0.25, 0.3) is 0 Å². The summed E-state index contributed by atoms with van der Waals surface area (Å²) < 4.78 is 17.1. The van der Waals surface area contributed by atoms with Gasteiger partial charge in [-0.15, -0.1) is 5.10 Å². The molecule has 0 saturated carbocycles. The zero-order valence-electron chi connectivity index (χ0n) is 18.7. The first-order valence-corrected chi connectivity index (χ1v) is 10.5. The molecule has 0 radical (unpaired) electrons. The van der Waals surface area contributed by atoms with Crippen LogP contribution in [0, 0.1) is 25.2 Å². The van der Waals surface area contributed by atoms with E-state index < -0.39 is 5.92 Å². The highest BCUT2D eigenvalue weighted by Crippen LogP contribution is 2.47. The van der Waals surface area contributed by atoms with Gasteiger partial charge in [0.1, 0.15) is 11.6 Å². The van der Waals surface area contributed by atoms with E-state index in [1.54, 1.807) is 7.11 Å². The lowest BCUT2D eigenvalue weighted by atomic mass is 9.82. The number of fused-ring (bicyclic) bond motifs is 1. The second kappa shape index (κ2) is 8.67. The van der Waals surface area contributed by atoms with E-state index in [1.165, 1.54) is 5.56 Å². The smallest absolute Gasteiger partial charge is 0.244 e. The average molecular weight is 431 g/mol. The van der Waals surface area contributed by atoms with Crippen molar-refractivity contribution in [3.05, 3.63) is 70.1 Å². The Balaban J connectivity index is 1.88. The second-order valence-electron chi connectivity index (χ2n) is 7.80. The third kappa shape index (κ3) is 3.65. The number of nitrogens with zero attached hydrogens (tertiary/aromatic N) is 2. The number of aromatic amines is 1. The molecule has 3 aromatic rings. The van der Waals surface area contributed by atoms with Gasteiger partial charge in [0.05, 0.1) is 30.9 Å². The summed E-state index contributed by atoms with van der Waals surface area (Å²) in [6.45, 7) is 6.77. The number of hydrogen-bond donors (Lipinski definition) is 2. The Morgan fingerprint density at radius 2 is 1.97 bits per heavy atom. The first-order valence-electron chi connectivity index (χ1n) is 10.5. The number of methoxy groups -OCH3 is 1. The molecule has 0 spiro atoms. The number of nitriles is 1. The standard InChI is InChI=1S/C25H26N4O3/c1-5-10-31-19-9-8-16(12-20(19)30-4)21-18(13-26)24(27)32-25-22(21)23(28-29-25)17-7-6-14(2)15(3)11-17/h6-9,11-12,21H,5,10,27H2,1-4H3,(H,28,29)/t21-/m1/s1. The van der Waals surface area contributed by atoms with Crippen molar-refractivity contribution in [1.29, 1.82) is 5.26 Å². The van der Waals surface area contributed by atoms with Crippen molar-refractivity contribution in [1.82, 2.24) is 10.2 Å². The summed E-state index contributed by atoms with van der Waals surface area (Å²) >= 11 is 0. The van der Waals surface area contributed by atoms with Crippen molar-refractivity contribution in [2.45, 2.75) is 33.1 Å². The minimum Gasteiger partial charge on any atom is -0.493 e. The fourth-order valence-corrected chi connectivity index (χ4v) is 3.89. The van der Waals surface area contributed by atoms with Gasteiger partial charge in [-0.1, -0.05) is 25.1 Å². The summed E-state index contributed by atoms with van der Waals surface area (Å²) in [6.07, 6.45) is 0.889. The van der Waals surface area contributed by atoms with E-state index in [9.17, 15) is 5.26 Å². The van der Waals surface area contributed by atoms with Crippen molar-refractivity contribution < 1.29 is 14.2 Å². The van der Waals surface area contributed by atoms with Gasteiger partial charge >= 0.3 is 0 Å². The van der Waals surface area contributed by atoms with Gasteiger partial charge in [0, 0.05) is 5.56 Å². The number of H-pyrrole nitrogens is 1. The maximum Gasteiger partial charge on any atom is 0.244 e. The number of aryl methyl sites for hydroxylation is 2. The van der Waals surface area contributed by atoms with E-state index >= 15 is 0 Å². The number of ether oxygens (including phenoxy) is 3. The molecule has 2 aromatic carbocycles. The third-order valence-electron chi connectivity index (χ3n) is 5.72. The minimum atomic E-state index is -0.465. The van der Waals surface area contributed by atoms with Crippen molar-refractivity contribution in [2.24, 2.45) is 5.73 Å². The molecule has 0 bridgehead atoms. The summed E-state index contributed by atoms with van der Waals surface area (Å²) in [6, 6.07) is 14.1. The van der Waals surface area contributed by atoms with Gasteiger partial charge < -0.3 is 19.9 Å². The molecule has 4 rings (SSSR count). The Labute approximate surface area is 187 Å². The molecule has 0 fully saturated rings. The second-order valence-corrected chi connectivity index (χ2v) is 7.80. The highest BCUT2D eigenvalue weighted by molar-refractivity contribution is 5.72. The zero-order chi connectivity index (χ0) is 22.8. The lowest BCUT2D eigenvalue weighted by molar-refractivity contribution is 0.294. The van der Waals surface area contributed by atoms with Crippen LogP contribution >= 0.6 is 0 Å². The van der Waals surface area contributed by atoms with E-state index in [1.807, 2.05) is 31.2 Å². The van der Waals surface area contributed by atoms with Crippen molar-refractivity contribution >= 4 is 0 Å². The van der Waals surface area contributed by atoms with Gasteiger partial charge in [-0.3, -0.25) is 5.10 Å². The highest BCUT2D eigenvalue weighted by Gasteiger charge is 2.36. The molecule has 1 aliphatic rings. The third-order valence-corrected chi connectivity index (χ3v) is 5.72. The molecule has 0 unspecified atom stereocenters. The quantitative estimate of drug-likeness (QED) is 0.587. The maximum atomic E-state index is 9.94. The molecular weight excluding hydrogens is 404 g/mol. The van der Waals surface area contributed by atoms with Crippen LogP contribution in [0.1, 0.15) is 41.5 Å². The SMILES string of the molecule is CCCOc1ccc([C@@H]2C(C#N)=C(N)Oc3n[nH]c(-c4ccc(C)c(C)c4)c32)cc1OC. The summed E-state index contributed by atoms with van der Waals surface area (Å²) in [5.74, 6) is 1.20. The monoisotopic (exact) mass is 430 g/mol. The van der Waals surface area contributed by atoms with Crippen LogP contribution in [0.4, 0.5) is 0 Å². The van der Waals surface area contributed by atoms with E-state index in [-0.39, 0.29) is 5.88 Å². The molecule has 2 heterocycles. The van der Waals surface area contributed by atoms with Gasteiger partial charge in [-0.05, 0) is 55.2 Å². The Hall–Kier alpha value is -3.92. The van der Waals surface area contributed by atoms with Crippen molar-refractivity contribution in [3.8, 4) is 34.7 Å². The molecule has 0 amide bonds. The number of nitrogens with two attached hydrogens (primary N) is 1. The van der Waals surface area contributed by atoms with E-state index in [0.717, 1.165) is 34.4 Å². The Kier molecular flexibility index (Phi) is 5.78. The topological polar surface area (TPSA) is 106 Å². The first kappa shape index (κ1) is 21.3. The molecule has 32 heavy (non-hydrogen) atoms. The Morgan fingerprint density at radius 1 is 1.16 bits per heavy atom. The number of rotatable bonds is 6. The van der Waals surface area contributed by atoms with E-state index in [2.05, 4.69) is 42.2 Å². The summed E-state index contributed by atoms with van der Waals surface area (Å²) in [5.41, 5.74) is 12.2. The first-order chi connectivity index (χ1) is 15.5. The average Bonchev–Trinajstić information content (AvgIpc) is 3.21. The molecular formula is C25H26N4O3. The van der Waals surface area contributed by atoms with Crippen molar-refractivity contribution in [2.75, 3.05) is 13.7 Å². The number of allylic oxidation sites excluding steroid dienone is 1. The van der Waals surface area contributed by atoms with Crippen LogP contribution in [-0.4, -0.2) is 23.9 Å². The lowest BCUT2D eigenvalue weighted by Crippen LogP contribution is -2.21. The number of aromatic nitrogens is 2. The van der Waals surface area contributed by atoms with Crippen LogP contribution in [0.25, 0.3) is 11.3 Å². The van der Waals surface area contributed by atoms with E-state index in [0.29, 0.717) is 29.6 Å². The number of nitrogens with one attached hydrogen (secondary N) is 1. The molecule has 0 saturated heterocycles. The van der Waals surface area contributed by atoms with Crippen LogP contribution in [-0.2, 0) is 0 Å². The predicted octanol–water partition coefficient (Wildman–Crippen LogP) is 4.71. The molecule has 7 heteroatoms. The van der Waals surface area contributed by atoms with Crippen LogP contribution in [0.2, 0.25) is 0 Å². The number of hydrogen-bond acceptors (Lipinski definition) is 6. The molecule has 1 aromatic heterocycles. The fraction of sp³-hybridized carbons (Fsp3) is 0.280. The zero-order valence-corrected chi connectivity index (χ0v) is 18.7. The summed E-state index contributed by atoms with van der Waals surface area (Å²) in [4.78, 5) is 0. The van der Waals surface area contributed by atoms with Crippen LogP contribution in [0.3, 0.4) is 0 Å². The summed E-state index contributed by atoms with van der Waals surface area (Å²) in [7, 11) is 1.60. The molecule has 3 N–H and O–H groups in total. The molecule has 7 nitrogen and oxygen atoms in total. The lowest BCUT2D eigenvalue weighted by Gasteiger charge is -2.25. The maximum absolute atomic E-state index is 9.94. The predicted molar refractivity (Wildman–Crippen MR) is 122 cm³/mol. The largest absolute Gasteiger partial charge is 0.493 e. The fourth-order valence-electron chi connectivity index (χ4n) is 3.89. The van der Waals surface area contributed by atoms with Crippen LogP contribution in [0.15, 0.2) is 47.9 Å². The van der Waals surface area contributed by atoms with Crippen LogP contribution in [0.5, 0.6) is 17.4 Å². The molecule has 164 valence electrons. The summed E-state index contributed by atoms with van der Waals surface area (Å²) in [5, 5.41) is 17.4. The number of benzene rings is 2. The van der Waals surface area contributed by atoms with Gasteiger partial charge in [-0.2, -0.15) is 5.26 Å². The molecule has 1 atom stereocenters. The normalized spacial score (nSPS) is 15.0. The highest BCUT2D eigenvalue weighted by atomic mass is 16.5. The Bertz CT molecular complexity index is 1240. The van der Waals surface area contributed by atoms with Gasteiger partial charge in [-0.25, -0.2) is 0 Å². The molecule has 1 aliphatic heterocycles. The minimum absolute atomic E-state index is 0.0495. The van der Waals surface area contributed by atoms with Gasteiger partial charge in [0.2, 0.25) is 11.8 Å². The Morgan fingerprint density at radius 3 is 2.66 bits per heavy atom. The van der Waals surface area contributed by atoms with Crippen LogP contribution < -0.4 is 19.9 Å².